The third-order valence-electron chi connectivity index (χ3n) is 9.11. The van der Waals surface area contributed by atoms with Crippen molar-refractivity contribution in [3.05, 3.63) is 76.9 Å². The Morgan fingerprint density at radius 1 is 0.894 bits per heavy atom. The molecule has 11 heteroatoms. The number of benzene rings is 3. The lowest BCUT2D eigenvalue weighted by molar-refractivity contribution is -0.139. The number of methoxy groups -OCH3 is 3. The Bertz CT molecular complexity index is 1610. The Morgan fingerprint density at radius 2 is 1.66 bits per heavy atom. The molecular weight excluding hydrogens is 602 g/mol. The highest BCUT2D eigenvalue weighted by Gasteiger charge is 2.38. The molecule has 1 atom stereocenters. The molecule has 4 aliphatic heterocycles. The van der Waals surface area contributed by atoms with Crippen LogP contribution in [0, 0.1) is 5.92 Å². The lowest BCUT2D eigenvalue weighted by atomic mass is 9.85. The number of hydrogen-bond donors (Lipinski definition) is 1. The number of nitrogens with one attached hydrogen (secondary N) is 1. The molecule has 0 spiro atoms. The fraction of sp³-hybridized carbons (Fsp3) is 0.417. The van der Waals surface area contributed by atoms with Gasteiger partial charge in [0.1, 0.15) is 17.2 Å². The summed E-state index contributed by atoms with van der Waals surface area (Å²) >= 11 is 0. The van der Waals surface area contributed by atoms with Crippen molar-refractivity contribution in [2.75, 3.05) is 60.7 Å². The second kappa shape index (κ2) is 14.2. The van der Waals surface area contributed by atoms with Gasteiger partial charge in [0.2, 0.25) is 5.91 Å². The Kier molecular flexibility index (Phi) is 9.70. The predicted octanol–water partition coefficient (Wildman–Crippen LogP) is 4.02. The molecule has 0 saturated carbocycles. The van der Waals surface area contributed by atoms with E-state index in [4.69, 9.17) is 23.7 Å². The maximum atomic E-state index is 14.4. The van der Waals surface area contributed by atoms with Crippen LogP contribution in [0.5, 0.6) is 28.7 Å². The van der Waals surface area contributed by atoms with E-state index in [9.17, 15) is 14.4 Å². The monoisotopic (exact) mass is 643 g/mol. The highest BCUT2D eigenvalue weighted by atomic mass is 16.5. The normalized spacial score (nSPS) is 18.4. The molecule has 47 heavy (non-hydrogen) atoms. The average Bonchev–Trinajstić information content (AvgIpc) is 3.11. The zero-order valence-corrected chi connectivity index (χ0v) is 27.1. The molecule has 4 aliphatic rings. The van der Waals surface area contributed by atoms with E-state index in [1.165, 1.54) is 0 Å². The Balaban J connectivity index is 1.27. The second-order valence-electron chi connectivity index (χ2n) is 12.0. The molecular formula is C36H41N3O8. The quantitative estimate of drug-likeness (QED) is 0.444. The molecule has 3 aromatic rings. The molecule has 11 nitrogen and oxygen atoms in total. The van der Waals surface area contributed by atoms with Crippen LogP contribution in [0.25, 0.3) is 0 Å². The van der Waals surface area contributed by atoms with Crippen LogP contribution in [0.3, 0.4) is 0 Å². The molecule has 3 aromatic carbocycles. The van der Waals surface area contributed by atoms with Gasteiger partial charge in [0.05, 0.1) is 34.0 Å². The molecule has 7 rings (SSSR count). The molecule has 1 unspecified atom stereocenters. The van der Waals surface area contributed by atoms with Crippen molar-refractivity contribution in [2.24, 2.45) is 5.92 Å². The molecule has 0 aromatic heterocycles. The number of rotatable bonds is 5. The summed E-state index contributed by atoms with van der Waals surface area (Å²) in [4.78, 5) is 44.0. The van der Waals surface area contributed by atoms with Crippen LogP contribution < -0.4 is 29.0 Å². The highest BCUT2D eigenvalue weighted by molar-refractivity contribution is 5.95. The summed E-state index contributed by atoms with van der Waals surface area (Å²) in [7, 11) is 4.68. The van der Waals surface area contributed by atoms with E-state index in [0.717, 1.165) is 16.7 Å². The van der Waals surface area contributed by atoms with Crippen LogP contribution in [-0.2, 0) is 16.0 Å². The number of amides is 3. The number of piperidine rings is 1. The van der Waals surface area contributed by atoms with Gasteiger partial charge in [0, 0.05) is 43.7 Å². The van der Waals surface area contributed by atoms with Crippen molar-refractivity contribution in [1.29, 1.82) is 0 Å². The van der Waals surface area contributed by atoms with Crippen LogP contribution in [0.2, 0.25) is 0 Å². The second-order valence-corrected chi connectivity index (χ2v) is 12.0. The van der Waals surface area contributed by atoms with Crippen molar-refractivity contribution in [3.63, 3.8) is 0 Å². The first kappa shape index (κ1) is 32.0. The number of likely N-dealkylation sites (tertiary alicyclic amines) is 1. The highest BCUT2D eigenvalue weighted by Crippen LogP contribution is 2.43. The van der Waals surface area contributed by atoms with Crippen molar-refractivity contribution in [2.45, 2.75) is 31.7 Å². The summed E-state index contributed by atoms with van der Waals surface area (Å²) in [5.41, 5.74) is 3.40. The molecule has 1 saturated heterocycles. The summed E-state index contributed by atoms with van der Waals surface area (Å²) < 4.78 is 28.4. The van der Waals surface area contributed by atoms with E-state index in [2.05, 4.69) is 5.32 Å². The smallest absolute Gasteiger partial charge is 0.257 e. The van der Waals surface area contributed by atoms with Gasteiger partial charge in [-0.25, -0.2) is 0 Å². The van der Waals surface area contributed by atoms with Crippen LogP contribution in [-0.4, -0.2) is 88.2 Å². The summed E-state index contributed by atoms with van der Waals surface area (Å²) in [6.45, 7) is 2.22. The maximum Gasteiger partial charge on any atom is 0.257 e. The van der Waals surface area contributed by atoms with Gasteiger partial charge in [0.25, 0.3) is 11.8 Å². The fourth-order valence-electron chi connectivity index (χ4n) is 6.63. The van der Waals surface area contributed by atoms with E-state index in [0.29, 0.717) is 92.8 Å². The molecule has 248 valence electrons. The number of fused-ring (bicyclic) bond motifs is 8. The van der Waals surface area contributed by atoms with E-state index in [1.807, 2.05) is 41.3 Å². The Morgan fingerprint density at radius 3 is 2.38 bits per heavy atom. The van der Waals surface area contributed by atoms with Crippen molar-refractivity contribution in [3.8, 4) is 28.7 Å². The molecule has 1 N–H and O–H groups in total. The van der Waals surface area contributed by atoms with Crippen LogP contribution in [0.4, 0.5) is 0 Å². The summed E-state index contributed by atoms with van der Waals surface area (Å²) in [5, 5.41) is 2.86. The molecule has 6 bridgehead atoms. The van der Waals surface area contributed by atoms with E-state index in [-0.39, 0.29) is 36.3 Å². The first-order valence-electron chi connectivity index (χ1n) is 16.0. The Labute approximate surface area is 274 Å². The number of carbonyl (C=O) groups is 3. The molecule has 0 radical (unpaired) electrons. The van der Waals surface area contributed by atoms with Crippen molar-refractivity contribution in [1.82, 2.24) is 15.1 Å². The minimum absolute atomic E-state index is 0.0625. The van der Waals surface area contributed by atoms with Crippen molar-refractivity contribution < 1.29 is 38.1 Å². The number of ether oxygens (including phenoxy) is 5. The molecule has 3 amide bonds. The zero-order valence-electron chi connectivity index (χ0n) is 27.1. The van der Waals surface area contributed by atoms with Gasteiger partial charge >= 0.3 is 0 Å². The lowest BCUT2D eigenvalue weighted by Gasteiger charge is -2.41. The number of nitrogens with zero attached hydrogens (tertiary/aromatic N) is 2. The fourth-order valence-corrected chi connectivity index (χ4v) is 6.63. The van der Waals surface area contributed by atoms with Gasteiger partial charge in [-0.2, -0.15) is 0 Å². The summed E-state index contributed by atoms with van der Waals surface area (Å²) in [6.07, 6.45) is 2.37. The largest absolute Gasteiger partial charge is 0.497 e. The van der Waals surface area contributed by atoms with Gasteiger partial charge in [-0.1, -0.05) is 12.1 Å². The average molecular weight is 644 g/mol. The molecule has 0 aliphatic carbocycles. The van der Waals surface area contributed by atoms with E-state index < -0.39 is 0 Å². The number of hydrogen-bond acceptors (Lipinski definition) is 8. The topological polar surface area (TPSA) is 116 Å². The number of carbonyl (C=O) groups excluding carboxylic acids is 3. The first-order valence-corrected chi connectivity index (χ1v) is 16.0. The van der Waals surface area contributed by atoms with Gasteiger partial charge in [-0.15, -0.1) is 0 Å². The predicted molar refractivity (Wildman–Crippen MR) is 173 cm³/mol. The minimum atomic E-state index is -0.377. The zero-order chi connectivity index (χ0) is 32.9. The Hall–Kier alpha value is -4.93. The van der Waals surface area contributed by atoms with Crippen LogP contribution >= 0.6 is 0 Å². The maximum absolute atomic E-state index is 14.4. The van der Waals surface area contributed by atoms with E-state index in [1.54, 1.807) is 44.4 Å². The lowest BCUT2D eigenvalue weighted by Crippen LogP contribution is -2.47. The van der Waals surface area contributed by atoms with E-state index >= 15 is 0 Å². The molecule has 4 heterocycles. The third kappa shape index (κ3) is 6.94. The van der Waals surface area contributed by atoms with Gasteiger partial charge in [-0.05, 0) is 78.8 Å². The van der Waals surface area contributed by atoms with Gasteiger partial charge in [0.15, 0.2) is 18.1 Å². The summed E-state index contributed by atoms with van der Waals surface area (Å²) in [5.74, 6) is 2.29. The van der Waals surface area contributed by atoms with Crippen LogP contribution in [0.1, 0.15) is 52.4 Å². The van der Waals surface area contributed by atoms with Gasteiger partial charge in [-0.3, -0.25) is 14.4 Å². The van der Waals surface area contributed by atoms with Crippen molar-refractivity contribution >= 4 is 17.7 Å². The SMILES string of the molecule is COc1cc(OC)cc(C(=O)N2CCC(C(=O)N3CCc4cc5c(OC)cc4C3c3cccc(c3)OCCCNC(=O)CO5)CC2)c1. The minimum Gasteiger partial charge on any atom is -0.497 e. The third-order valence-corrected chi connectivity index (χ3v) is 9.11. The van der Waals surface area contributed by atoms with Gasteiger partial charge < -0.3 is 38.8 Å². The summed E-state index contributed by atoms with van der Waals surface area (Å²) in [6, 6.07) is 16.5. The van der Waals surface area contributed by atoms with Crippen LogP contribution in [0.15, 0.2) is 54.6 Å². The molecule has 1 fully saturated rings. The standard InChI is InChI=1S/C36H41N3O8/c1-43-28-17-26(18-29(20-28)44-2)35(41)38-12-8-23(9-13-38)36(42)39-14-10-24-19-32-31(45-3)21-30(24)34(39)25-6-4-7-27(16-25)46-15-5-11-37-33(40)22-47-32/h4,6-7,16-21,23,34H,5,8-15,22H2,1-3H3,(H,37,40). The first-order chi connectivity index (χ1) is 22.9.